The van der Waals surface area contributed by atoms with Crippen molar-refractivity contribution in [2.45, 2.75) is 43.4 Å². The molecule has 11 heteroatoms. The van der Waals surface area contributed by atoms with Crippen LogP contribution in [0.25, 0.3) is 22.3 Å². The number of hydrogen-bond donors (Lipinski definition) is 8. The maximum absolute atomic E-state index is 13.5. The third-order valence-corrected chi connectivity index (χ3v) is 7.35. The van der Waals surface area contributed by atoms with Gasteiger partial charge in [0.1, 0.15) is 70.2 Å². The van der Waals surface area contributed by atoms with Crippen molar-refractivity contribution >= 4 is 11.0 Å². The third-order valence-electron chi connectivity index (χ3n) is 7.35. The Morgan fingerprint density at radius 1 is 0.825 bits per heavy atom. The molecular formula is C29H28O11. The minimum atomic E-state index is -1.85. The van der Waals surface area contributed by atoms with Crippen LogP contribution in [0.5, 0.6) is 23.0 Å². The number of rotatable bonds is 5. The van der Waals surface area contributed by atoms with Gasteiger partial charge in [-0.25, -0.2) is 0 Å². The molecule has 40 heavy (non-hydrogen) atoms. The molecule has 0 unspecified atom stereocenters. The summed E-state index contributed by atoms with van der Waals surface area (Å²) in [4.78, 5) is 13.5. The smallest absolute Gasteiger partial charge is 0.197 e. The van der Waals surface area contributed by atoms with Crippen molar-refractivity contribution in [3.63, 3.8) is 0 Å². The first-order chi connectivity index (χ1) is 19.0. The number of fused-ring (bicyclic) bond motifs is 1. The standard InChI is InChI=1S/C29H28O11/c1-12(13-2-6-15(31)7-3-13)20-24(35)22(29-27(38)26(37)23(34)19(11-30)40-29)25(36)21-17(33)10-18(39-28(20)21)14-4-8-16(32)9-5-14/h2-10,12,19,23,26-27,29-32,34-38H,11H2,1H3/t12-,19+,23-,26+,27+,29-/m1/s1. The maximum Gasteiger partial charge on any atom is 0.197 e. The molecule has 8 N–H and O–H groups in total. The summed E-state index contributed by atoms with van der Waals surface area (Å²) in [7, 11) is 0. The van der Waals surface area contributed by atoms with Crippen LogP contribution in [0.2, 0.25) is 0 Å². The van der Waals surface area contributed by atoms with E-state index >= 15 is 0 Å². The van der Waals surface area contributed by atoms with Gasteiger partial charge in [-0.05, 0) is 42.0 Å². The number of benzene rings is 3. The fourth-order valence-electron chi connectivity index (χ4n) is 5.12. The van der Waals surface area contributed by atoms with Gasteiger partial charge >= 0.3 is 0 Å². The van der Waals surface area contributed by atoms with Crippen molar-refractivity contribution in [2.24, 2.45) is 0 Å². The molecule has 1 fully saturated rings. The number of phenolic OH excluding ortho intramolecular Hbond substituents is 4. The molecule has 0 radical (unpaired) electrons. The zero-order chi connectivity index (χ0) is 28.9. The van der Waals surface area contributed by atoms with Crippen molar-refractivity contribution in [3.05, 3.63) is 81.5 Å². The fourth-order valence-corrected chi connectivity index (χ4v) is 5.12. The molecule has 6 atom stereocenters. The minimum Gasteiger partial charge on any atom is -0.508 e. The number of aliphatic hydroxyl groups excluding tert-OH is 4. The summed E-state index contributed by atoms with van der Waals surface area (Å²) in [5, 5.41) is 83.0. The highest BCUT2D eigenvalue weighted by Gasteiger charge is 2.47. The Morgan fingerprint density at radius 3 is 2.02 bits per heavy atom. The van der Waals surface area contributed by atoms with Crippen LogP contribution in [-0.4, -0.2) is 71.9 Å². The van der Waals surface area contributed by atoms with Crippen molar-refractivity contribution in [2.75, 3.05) is 6.61 Å². The second kappa shape index (κ2) is 10.5. The van der Waals surface area contributed by atoms with Crippen molar-refractivity contribution in [3.8, 4) is 34.3 Å². The number of aliphatic hydroxyl groups is 4. The molecule has 1 aromatic heterocycles. The Balaban J connectivity index is 1.81. The summed E-state index contributed by atoms with van der Waals surface area (Å²) < 4.78 is 11.7. The van der Waals surface area contributed by atoms with E-state index in [0.717, 1.165) is 6.07 Å². The van der Waals surface area contributed by atoms with Gasteiger partial charge in [0.15, 0.2) is 5.43 Å². The van der Waals surface area contributed by atoms with Gasteiger partial charge < -0.3 is 50.0 Å². The summed E-state index contributed by atoms with van der Waals surface area (Å²) in [6.07, 6.45) is -8.34. The van der Waals surface area contributed by atoms with E-state index in [-0.39, 0.29) is 33.8 Å². The predicted molar refractivity (Wildman–Crippen MR) is 141 cm³/mol. The molecule has 4 aromatic rings. The number of aromatic hydroxyl groups is 4. The lowest BCUT2D eigenvalue weighted by molar-refractivity contribution is -0.232. The molecule has 1 saturated heterocycles. The van der Waals surface area contributed by atoms with Gasteiger partial charge in [-0.1, -0.05) is 19.1 Å². The van der Waals surface area contributed by atoms with Crippen molar-refractivity contribution in [1.29, 1.82) is 0 Å². The van der Waals surface area contributed by atoms with Gasteiger partial charge in [0.05, 0.1) is 12.2 Å². The number of hydrogen-bond acceptors (Lipinski definition) is 11. The van der Waals surface area contributed by atoms with Crippen molar-refractivity contribution < 1.29 is 50.0 Å². The highest BCUT2D eigenvalue weighted by Crippen LogP contribution is 2.50. The third kappa shape index (κ3) is 4.53. The molecule has 0 saturated carbocycles. The predicted octanol–water partition coefficient (Wildman–Crippen LogP) is 1.95. The summed E-state index contributed by atoms with van der Waals surface area (Å²) >= 11 is 0. The lowest BCUT2D eigenvalue weighted by atomic mass is 9.84. The highest BCUT2D eigenvalue weighted by molar-refractivity contribution is 5.92. The van der Waals surface area contributed by atoms with Crippen LogP contribution >= 0.6 is 0 Å². The van der Waals surface area contributed by atoms with Gasteiger partial charge in [0, 0.05) is 23.1 Å². The summed E-state index contributed by atoms with van der Waals surface area (Å²) in [6.45, 7) is 0.938. The van der Waals surface area contributed by atoms with Gasteiger partial charge in [-0.2, -0.15) is 0 Å². The monoisotopic (exact) mass is 552 g/mol. The zero-order valence-corrected chi connectivity index (χ0v) is 21.2. The topological polar surface area (TPSA) is 201 Å². The molecule has 3 aromatic carbocycles. The molecule has 1 aliphatic rings. The van der Waals surface area contributed by atoms with Crippen LogP contribution in [0, 0.1) is 0 Å². The van der Waals surface area contributed by atoms with Crippen LogP contribution in [0.1, 0.15) is 35.6 Å². The van der Waals surface area contributed by atoms with Crippen LogP contribution in [0.4, 0.5) is 0 Å². The minimum absolute atomic E-state index is 0.00103. The zero-order valence-electron chi connectivity index (χ0n) is 21.2. The molecule has 0 amide bonds. The Bertz CT molecular complexity index is 1590. The van der Waals surface area contributed by atoms with E-state index in [4.69, 9.17) is 9.15 Å². The van der Waals surface area contributed by atoms with E-state index in [0.29, 0.717) is 11.1 Å². The SMILES string of the molecule is C[C@H](c1ccc(O)cc1)c1c(O)c([C@H]2O[C@@H](CO)[C@@H](O)[C@H](O)[C@@H]2O)c(O)c2c(=O)cc(-c3ccc(O)cc3)oc12. The summed E-state index contributed by atoms with van der Waals surface area (Å²) in [6, 6.07) is 13.0. The van der Waals surface area contributed by atoms with E-state index in [2.05, 4.69) is 0 Å². The van der Waals surface area contributed by atoms with Crippen LogP contribution in [-0.2, 0) is 4.74 Å². The van der Waals surface area contributed by atoms with Crippen LogP contribution in [0.3, 0.4) is 0 Å². The Hall–Kier alpha value is -4.13. The molecule has 0 bridgehead atoms. The maximum atomic E-state index is 13.5. The van der Waals surface area contributed by atoms with E-state index in [1.54, 1.807) is 19.1 Å². The molecule has 11 nitrogen and oxygen atoms in total. The van der Waals surface area contributed by atoms with Gasteiger partial charge in [0.2, 0.25) is 0 Å². The van der Waals surface area contributed by atoms with Gasteiger partial charge in [-0.15, -0.1) is 0 Å². The van der Waals surface area contributed by atoms with Gasteiger partial charge in [-0.3, -0.25) is 4.79 Å². The molecule has 0 spiro atoms. The van der Waals surface area contributed by atoms with Crippen molar-refractivity contribution in [1.82, 2.24) is 0 Å². The largest absolute Gasteiger partial charge is 0.508 e. The Kier molecular flexibility index (Phi) is 7.17. The normalized spacial score (nSPS) is 23.8. The molecule has 5 rings (SSSR count). The summed E-state index contributed by atoms with van der Waals surface area (Å²) in [5.41, 5.74) is -0.265. The summed E-state index contributed by atoms with van der Waals surface area (Å²) in [5.74, 6) is -2.03. The molecule has 0 aliphatic carbocycles. The lowest BCUT2D eigenvalue weighted by Gasteiger charge is -2.40. The number of ether oxygens (including phenoxy) is 1. The van der Waals surface area contributed by atoms with E-state index < -0.39 is 65.5 Å². The Morgan fingerprint density at radius 2 is 1.43 bits per heavy atom. The van der Waals surface area contributed by atoms with E-state index in [1.807, 2.05) is 0 Å². The Labute approximate surface area is 227 Å². The second-order valence-electron chi connectivity index (χ2n) is 9.81. The average Bonchev–Trinajstić information content (AvgIpc) is 2.93. The first-order valence-electron chi connectivity index (χ1n) is 12.5. The van der Waals surface area contributed by atoms with E-state index in [1.165, 1.54) is 36.4 Å². The van der Waals surface area contributed by atoms with Crippen LogP contribution < -0.4 is 5.43 Å². The molecule has 2 heterocycles. The number of phenols is 4. The first kappa shape index (κ1) is 27.4. The first-order valence-corrected chi connectivity index (χ1v) is 12.5. The average molecular weight is 553 g/mol. The second-order valence-corrected chi connectivity index (χ2v) is 9.81. The van der Waals surface area contributed by atoms with E-state index in [9.17, 15) is 45.6 Å². The van der Waals surface area contributed by atoms with Gasteiger partial charge in [0.25, 0.3) is 0 Å². The molecular weight excluding hydrogens is 524 g/mol. The molecule has 210 valence electrons. The highest BCUT2D eigenvalue weighted by atomic mass is 16.5. The van der Waals surface area contributed by atoms with Crippen LogP contribution in [0.15, 0.2) is 63.8 Å². The fraction of sp³-hybridized carbons (Fsp3) is 0.276. The lowest BCUT2D eigenvalue weighted by Crippen LogP contribution is -2.55. The quantitative estimate of drug-likeness (QED) is 0.180. The molecule has 1 aliphatic heterocycles.